The number of aryl methyl sites for hydroxylation is 2. The summed E-state index contributed by atoms with van der Waals surface area (Å²) in [5, 5.41) is 20.1. The van der Waals surface area contributed by atoms with E-state index in [0.717, 1.165) is 24.8 Å². The number of benzene rings is 1. The number of nitrogens with one attached hydrogen (secondary N) is 2. The summed E-state index contributed by atoms with van der Waals surface area (Å²) in [4.78, 5) is 31.7. The first kappa shape index (κ1) is 27.2. The van der Waals surface area contributed by atoms with E-state index < -0.39 is 17.9 Å². The molecular weight excluding hydrogens is 551 g/mol. The van der Waals surface area contributed by atoms with Crippen molar-refractivity contribution in [2.45, 2.75) is 51.9 Å². The van der Waals surface area contributed by atoms with Crippen molar-refractivity contribution in [3.63, 3.8) is 0 Å². The third kappa shape index (κ3) is 5.66. The summed E-state index contributed by atoms with van der Waals surface area (Å²) in [6.45, 7) is 3.31. The van der Waals surface area contributed by atoms with E-state index in [-0.39, 0.29) is 40.7 Å². The van der Waals surface area contributed by atoms with Crippen LogP contribution in [0.2, 0.25) is 5.02 Å². The van der Waals surface area contributed by atoms with E-state index in [4.69, 9.17) is 11.6 Å². The third-order valence-corrected chi connectivity index (χ3v) is 6.64. The Kier molecular flexibility index (Phi) is 7.27. The Balaban J connectivity index is 1.50. The molecular formula is C25H23ClF3N9O2. The van der Waals surface area contributed by atoms with E-state index in [1.807, 2.05) is 13.0 Å². The second-order valence-corrected chi connectivity index (χ2v) is 9.85. The SMILES string of the molecule is Cc1cc(C)c(NC(=O)c2cc(Cn3nnc(C(F)(F)F)n3)nn2-c2ncccc2Cl)c(C(=O)NC2CCC2)c1. The van der Waals surface area contributed by atoms with Gasteiger partial charge in [0.1, 0.15) is 12.2 Å². The molecule has 0 radical (unpaired) electrons. The lowest BCUT2D eigenvalue weighted by molar-refractivity contribution is -0.145. The second kappa shape index (κ2) is 10.7. The molecule has 3 aromatic heterocycles. The van der Waals surface area contributed by atoms with Crippen molar-refractivity contribution in [2.24, 2.45) is 0 Å². The van der Waals surface area contributed by atoms with Crippen molar-refractivity contribution in [3.8, 4) is 5.82 Å². The number of nitrogens with zero attached hydrogens (tertiary/aromatic N) is 7. The monoisotopic (exact) mass is 573 g/mol. The topological polar surface area (TPSA) is 133 Å². The first-order valence-electron chi connectivity index (χ1n) is 12.3. The van der Waals surface area contributed by atoms with Gasteiger partial charge < -0.3 is 10.6 Å². The van der Waals surface area contributed by atoms with Gasteiger partial charge in [0.2, 0.25) is 0 Å². The molecule has 0 atom stereocenters. The number of anilines is 1. The van der Waals surface area contributed by atoms with E-state index in [0.29, 0.717) is 21.6 Å². The summed E-state index contributed by atoms with van der Waals surface area (Å²) in [5.74, 6) is -2.23. The Morgan fingerprint density at radius 3 is 2.55 bits per heavy atom. The van der Waals surface area contributed by atoms with Gasteiger partial charge in [-0.05, 0) is 73.7 Å². The van der Waals surface area contributed by atoms with Crippen LogP contribution in [-0.4, -0.2) is 52.8 Å². The van der Waals surface area contributed by atoms with Crippen LogP contribution in [0.25, 0.3) is 5.82 Å². The largest absolute Gasteiger partial charge is 0.455 e. The Morgan fingerprint density at radius 2 is 1.90 bits per heavy atom. The van der Waals surface area contributed by atoms with Crippen molar-refractivity contribution < 1.29 is 22.8 Å². The van der Waals surface area contributed by atoms with Crippen molar-refractivity contribution >= 4 is 29.1 Å². The van der Waals surface area contributed by atoms with Gasteiger partial charge in [-0.2, -0.15) is 23.1 Å². The Bertz CT molecular complexity index is 1590. The van der Waals surface area contributed by atoms with Gasteiger partial charge >= 0.3 is 6.18 Å². The highest BCUT2D eigenvalue weighted by Gasteiger charge is 2.37. The van der Waals surface area contributed by atoms with Gasteiger partial charge in [-0.25, -0.2) is 9.67 Å². The van der Waals surface area contributed by atoms with Crippen LogP contribution in [0.15, 0.2) is 36.5 Å². The number of carbonyl (C=O) groups excluding carboxylic acids is 2. The van der Waals surface area contributed by atoms with Crippen LogP contribution in [0.1, 0.15) is 62.8 Å². The van der Waals surface area contributed by atoms with Gasteiger partial charge in [-0.1, -0.05) is 17.7 Å². The lowest BCUT2D eigenvalue weighted by atomic mass is 9.92. The van der Waals surface area contributed by atoms with Gasteiger partial charge in [0.25, 0.3) is 17.6 Å². The molecule has 1 aliphatic carbocycles. The van der Waals surface area contributed by atoms with Gasteiger partial charge in [-0.3, -0.25) is 9.59 Å². The maximum atomic E-state index is 13.6. The molecule has 1 aromatic carbocycles. The zero-order valence-corrected chi connectivity index (χ0v) is 22.1. The standard InChI is InChI=1S/C25H23ClF3N9O2/c1-13-9-14(2)20(17(10-13)22(39)31-15-5-3-6-15)32-23(40)19-11-16(12-37-35-24(33-36-37)25(27,28)29)34-38(19)21-18(26)7-4-8-30-21/h4,7-11,15H,3,5-6,12H2,1-2H3,(H,31,39)(H,32,40). The highest BCUT2D eigenvalue weighted by molar-refractivity contribution is 6.32. The number of alkyl halides is 3. The molecule has 208 valence electrons. The molecule has 2 N–H and O–H groups in total. The number of tetrazole rings is 1. The molecule has 3 heterocycles. The maximum Gasteiger partial charge on any atom is 0.455 e. The highest BCUT2D eigenvalue weighted by Crippen LogP contribution is 2.27. The molecule has 1 aliphatic rings. The average Bonchev–Trinajstić information content (AvgIpc) is 3.51. The van der Waals surface area contributed by atoms with E-state index in [2.05, 4.69) is 36.1 Å². The summed E-state index contributed by atoms with van der Waals surface area (Å²) in [6.07, 6.45) is -0.470. The number of halogens is 4. The van der Waals surface area contributed by atoms with Crippen molar-refractivity contribution in [2.75, 3.05) is 5.32 Å². The van der Waals surface area contributed by atoms with Crippen molar-refractivity contribution in [1.82, 2.24) is 40.3 Å². The zero-order chi connectivity index (χ0) is 28.6. The molecule has 0 bridgehead atoms. The second-order valence-electron chi connectivity index (χ2n) is 9.44. The zero-order valence-electron chi connectivity index (χ0n) is 21.3. The Hall–Kier alpha value is -4.33. The molecule has 40 heavy (non-hydrogen) atoms. The van der Waals surface area contributed by atoms with Crippen molar-refractivity contribution in [1.29, 1.82) is 0 Å². The van der Waals surface area contributed by atoms with Gasteiger partial charge in [0, 0.05) is 12.2 Å². The van der Waals surface area contributed by atoms with Crippen LogP contribution < -0.4 is 10.6 Å². The first-order valence-corrected chi connectivity index (χ1v) is 12.7. The van der Waals surface area contributed by atoms with Gasteiger partial charge in [0.05, 0.1) is 22.0 Å². The van der Waals surface area contributed by atoms with E-state index in [1.165, 1.54) is 16.9 Å². The summed E-state index contributed by atoms with van der Waals surface area (Å²) in [5.41, 5.74) is 2.26. The minimum Gasteiger partial charge on any atom is -0.349 e. The summed E-state index contributed by atoms with van der Waals surface area (Å²) in [6, 6.07) is 8.13. The quantitative estimate of drug-likeness (QED) is 0.340. The predicted molar refractivity (Wildman–Crippen MR) is 137 cm³/mol. The normalized spacial score (nSPS) is 13.7. The molecule has 15 heteroatoms. The number of amides is 2. The Labute approximate surface area is 230 Å². The molecule has 0 aliphatic heterocycles. The summed E-state index contributed by atoms with van der Waals surface area (Å²) in [7, 11) is 0. The molecule has 5 rings (SSSR count). The molecule has 0 spiro atoms. The third-order valence-electron chi connectivity index (χ3n) is 6.35. The molecule has 2 amide bonds. The van der Waals surface area contributed by atoms with Crippen LogP contribution in [0, 0.1) is 13.8 Å². The summed E-state index contributed by atoms with van der Waals surface area (Å²) < 4.78 is 39.9. The lowest BCUT2D eigenvalue weighted by Gasteiger charge is -2.27. The number of pyridine rings is 1. The minimum atomic E-state index is -4.77. The number of hydrogen-bond acceptors (Lipinski definition) is 7. The van der Waals surface area contributed by atoms with Crippen LogP contribution in [0.4, 0.5) is 18.9 Å². The number of hydrogen-bond donors (Lipinski definition) is 2. The smallest absolute Gasteiger partial charge is 0.349 e. The summed E-state index contributed by atoms with van der Waals surface area (Å²) >= 11 is 6.32. The fourth-order valence-electron chi connectivity index (χ4n) is 4.24. The minimum absolute atomic E-state index is 0.0305. The molecule has 0 saturated heterocycles. The van der Waals surface area contributed by atoms with Crippen LogP contribution in [0.5, 0.6) is 0 Å². The van der Waals surface area contributed by atoms with Gasteiger partial charge in [0.15, 0.2) is 5.82 Å². The molecule has 1 fully saturated rings. The maximum absolute atomic E-state index is 13.6. The molecule has 1 saturated carbocycles. The number of rotatable bonds is 7. The molecule has 0 unspecified atom stereocenters. The van der Waals surface area contributed by atoms with E-state index >= 15 is 0 Å². The lowest BCUT2D eigenvalue weighted by Crippen LogP contribution is -2.40. The van der Waals surface area contributed by atoms with Crippen molar-refractivity contribution in [3.05, 3.63) is 75.5 Å². The number of aromatic nitrogens is 7. The predicted octanol–water partition coefficient (Wildman–Crippen LogP) is 4.13. The fraction of sp³-hybridized carbons (Fsp3) is 0.320. The number of carbonyl (C=O) groups is 2. The van der Waals surface area contributed by atoms with E-state index in [9.17, 15) is 22.8 Å². The first-order chi connectivity index (χ1) is 19.0. The Morgan fingerprint density at radius 1 is 1.12 bits per heavy atom. The van der Waals surface area contributed by atoms with Crippen LogP contribution in [-0.2, 0) is 12.7 Å². The van der Waals surface area contributed by atoms with Crippen LogP contribution in [0.3, 0.4) is 0 Å². The van der Waals surface area contributed by atoms with E-state index in [1.54, 1.807) is 25.1 Å². The highest BCUT2D eigenvalue weighted by atomic mass is 35.5. The van der Waals surface area contributed by atoms with Gasteiger partial charge in [-0.15, -0.1) is 10.2 Å². The molecule has 11 nitrogen and oxygen atoms in total. The molecule has 4 aromatic rings. The fourth-order valence-corrected chi connectivity index (χ4v) is 4.44. The van der Waals surface area contributed by atoms with Crippen LogP contribution >= 0.6 is 11.6 Å². The average molecular weight is 574 g/mol.